The van der Waals surface area contributed by atoms with Gasteiger partial charge in [-0.25, -0.2) is 14.2 Å². The number of benzene rings is 1. The average Bonchev–Trinajstić information content (AvgIpc) is 3.17. The Morgan fingerprint density at radius 1 is 1.27 bits per heavy atom. The number of pyridine rings is 2. The van der Waals surface area contributed by atoms with E-state index >= 15 is 0 Å². The molecule has 2 aliphatic heterocycles. The first-order valence-electron chi connectivity index (χ1n) is 11.2. The molecule has 3 aromatic rings. The minimum Gasteiger partial charge on any atom is -0.458 e. The Bertz CT molecular complexity index is 1450. The fourth-order valence-corrected chi connectivity index (χ4v) is 5.20. The maximum atomic E-state index is 14.8. The third-order valence-electron chi connectivity index (χ3n) is 7.02. The number of allylic oxidation sites excluding steroid dienone is 1. The molecule has 0 radical (unpaired) electrons. The van der Waals surface area contributed by atoms with Gasteiger partial charge >= 0.3 is 5.97 Å². The van der Waals surface area contributed by atoms with Crippen LogP contribution in [0.15, 0.2) is 23.0 Å². The molecule has 6 nitrogen and oxygen atoms in total. The Balaban J connectivity index is 1.87. The molecule has 1 N–H and O–H groups in total. The van der Waals surface area contributed by atoms with E-state index in [0.717, 1.165) is 22.1 Å². The lowest BCUT2D eigenvalue weighted by Crippen LogP contribution is -2.44. The molecular formula is C26H25FN2O4. The predicted molar refractivity (Wildman–Crippen MR) is 123 cm³/mol. The van der Waals surface area contributed by atoms with E-state index in [9.17, 15) is 19.1 Å². The lowest BCUT2D eigenvalue weighted by Gasteiger charge is -2.31. The molecule has 0 aliphatic carbocycles. The second kappa shape index (κ2) is 7.35. The predicted octanol–water partition coefficient (Wildman–Crippen LogP) is 4.12. The van der Waals surface area contributed by atoms with E-state index < -0.39 is 11.6 Å². The second-order valence-electron chi connectivity index (χ2n) is 8.67. The number of aryl methyl sites for hydroxylation is 1. The Morgan fingerprint density at radius 2 is 2.03 bits per heavy atom. The van der Waals surface area contributed by atoms with Crippen LogP contribution in [0.2, 0.25) is 0 Å². The molecule has 0 unspecified atom stereocenters. The van der Waals surface area contributed by atoms with E-state index in [-0.39, 0.29) is 35.5 Å². The largest absolute Gasteiger partial charge is 0.458 e. The van der Waals surface area contributed by atoms with Crippen molar-refractivity contribution in [2.75, 3.05) is 0 Å². The van der Waals surface area contributed by atoms with Crippen molar-refractivity contribution in [3.8, 4) is 11.4 Å². The number of rotatable bonds is 3. The first-order valence-corrected chi connectivity index (χ1v) is 11.2. The fourth-order valence-electron chi connectivity index (χ4n) is 5.20. The summed E-state index contributed by atoms with van der Waals surface area (Å²) in [5.41, 5.74) is 3.30. The van der Waals surface area contributed by atoms with Gasteiger partial charge in [0.25, 0.3) is 5.56 Å². The fraction of sp³-hybridized carbons (Fsp3) is 0.346. The first kappa shape index (κ1) is 21.5. The molecule has 0 amide bonds. The van der Waals surface area contributed by atoms with E-state index in [1.807, 2.05) is 26.0 Å². The maximum Gasteiger partial charge on any atom is 0.343 e. The van der Waals surface area contributed by atoms with Crippen LogP contribution in [0.25, 0.3) is 28.4 Å². The molecule has 2 aromatic heterocycles. The summed E-state index contributed by atoms with van der Waals surface area (Å²) in [7, 11) is 0. The van der Waals surface area contributed by atoms with E-state index in [4.69, 9.17) is 9.72 Å². The highest BCUT2D eigenvalue weighted by Crippen LogP contribution is 2.41. The third-order valence-corrected chi connectivity index (χ3v) is 7.02. The summed E-state index contributed by atoms with van der Waals surface area (Å²) in [6, 6.07) is 3.12. The summed E-state index contributed by atoms with van der Waals surface area (Å²) in [4.78, 5) is 30.6. The number of carbonyl (C=O) groups excluding carboxylic acids is 1. The van der Waals surface area contributed by atoms with Crippen LogP contribution in [0.4, 0.5) is 4.39 Å². The number of esters is 1. The number of halogens is 1. The van der Waals surface area contributed by atoms with E-state index in [1.165, 1.54) is 6.07 Å². The van der Waals surface area contributed by atoms with Gasteiger partial charge in [-0.05, 0) is 49.4 Å². The van der Waals surface area contributed by atoms with Crippen LogP contribution >= 0.6 is 0 Å². The summed E-state index contributed by atoms with van der Waals surface area (Å²) in [6.45, 7) is 7.51. The van der Waals surface area contributed by atoms with Gasteiger partial charge in [0.1, 0.15) is 12.4 Å². The topological polar surface area (TPSA) is 81.4 Å². The molecule has 33 heavy (non-hydrogen) atoms. The molecular weight excluding hydrogens is 423 g/mol. The van der Waals surface area contributed by atoms with Gasteiger partial charge in [-0.1, -0.05) is 26.0 Å². The van der Waals surface area contributed by atoms with Crippen LogP contribution in [-0.4, -0.2) is 20.6 Å². The zero-order valence-corrected chi connectivity index (χ0v) is 19.1. The van der Waals surface area contributed by atoms with Gasteiger partial charge in [0.05, 0.1) is 29.0 Å². The second-order valence-corrected chi connectivity index (χ2v) is 8.67. The average molecular weight is 448 g/mol. The minimum absolute atomic E-state index is 0.0805. The van der Waals surface area contributed by atoms with Crippen LogP contribution in [0.5, 0.6) is 0 Å². The SMILES string of the molecule is C/C=C/c1c(C)c(F)cc2nc3c(c(CC)c12)Cn1c-3cc2c(c1=O)COC(=O)[C@]2(O)CC. The molecule has 1 atom stereocenters. The molecule has 4 heterocycles. The highest BCUT2D eigenvalue weighted by atomic mass is 19.1. The number of aromatic nitrogens is 2. The number of hydrogen-bond donors (Lipinski definition) is 1. The quantitative estimate of drug-likeness (QED) is 0.477. The zero-order valence-electron chi connectivity index (χ0n) is 19.1. The molecule has 0 saturated heterocycles. The molecule has 2 aliphatic rings. The van der Waals surface area contributed by atoms with E-state index in [0.29, 0.717) is 35.4 Å². The molecule has 0 spiro atoms. The van der Waals surface area contributed by atoms with Crippen LogP contribution in [0.3, 0.4) is 0 Å². The molecule has 0 bridgehead atoms. The van der Waals surface area contributed by atoms with Crippen molar-refractivity contribution in [2.24, 2.45) is 0 Å². The van der Waals surface area contributed by atoms with Crippen molar-refractivity contribution < 1.29 is 19.0 Å². The van der Waals surface area contributed by atoms with Gasteiger partial charge < -0.3 is 14.4 Å². The summed E-state index contributed by atoms with van der Waals surface area (Å²) >= 11 is 0. The van der Waals surface area contributed by atoms with Crippen molar-refractivity contribution in [1.82, 2.24) is 9.55 Å². The monoisotopic (exact) mass is 448 g/mol. The number of nitrogens with zero attached hydrogens (tertiary/aromatic N) is 2. The molecule has 170 valence electrons. The summed E-state index contributed by atoms with van der Waals surface area (Å²) in [5, 5.41) is 11.9. The molecule has 0 fully saturated rings. The molecule has 1 aromatic carbocycles. The van der Waals surface area contributed by atoms with Crippen molar-refractivity contribution in [1.29, 1.82) is 0 Å². The Kier molecular flexibility index (Phi) is 4.79. The lowest BCUT2D eigenvalue weighted by atomic mass is 9.86. The Hall–Kier alpha value is -3.32. The highest BCUT2D eigenvalue weighted by molar-refractivity contribution is 5.96. The molecule has 0 saturated carbocycles. The molecule has 5 rings (SSSR count). The number of hydrogen-bond acceptors (Lipinski definition) is 5. The van der Waals surface area contributed by atoms with Gasteiger partial charge in [0.2, 0.25) is 0 Å². The Labute approximate surface area is 190 Å². The molecule has 7 heteroatoms. The first-order chi connectivity index (χ1) is 15.8. The number of aliphatic hydroxyl groups is 1. The number of cyclic esters (lactones) is 1. The highest BCUT2D eigenvalue weighted by Gasteiger charge is 2.45. The van der Waals surface area contributed by atoms with E-state index in [2.05, 4.69) is 0 Å². The minimum atomic E-state index is -1.88. The van der Waals surface area contributed by atoms with Crippen molar-refractivity contribution in [3.63, 3.8) is 0 Å². The standard InChI is InChI=1S/C26H25FN2O4/c1-5-8-15-13(4)19(27)10-20-22(15)14(6-2)16-11-29-21(23(16)28-20)9-18-17(24(29)30)12-33-25(31)26(18,32)7-3/h5,8-10,32H,6-7,11-12H2,1-4H3/b8-5+/t26-/m0/s1. The normalized spacial score (nSPS) is 19.0. The summed E-state index contributed by atoms with van der Waals surface area (Å²) in [5.74, 6) is -1.09. The smallest absolute Gasteiger partial charge is 0.343 e. The number of carbonyl (C=O) groups is 1. The summed E-state index contributed by atoms with van der Waals surface area (Å²) < 4.78 is 21.5. The maximum absolute atomic E-state index is 14.8. The van der Waals surface area contributed by atoms with Crippen molar-refractivity contribution >= 4 is 22.9 Å². The van der Waals surface area contributed by atoms with Gasteiger partial charge in [-0.15, -0.1) is 0 Å². The number of ether oxygens (including phenoxy) is 1. The van der Waals surface area contributed by atoms with Gasteiger partial charge in [0.15, 0.2) is 5.60 Å². The van der Waals surface area contributed by atoms with Crippen molar-refractivity contribution in [2.45, 2.75) is 59.3 Å². The van der Waals surface area contributed by atoms with E-state index in [1.54, 1.807) is 24.5 Å². The summed E-state index contributed by atoms with van der Waals surface area (Å²) in [6.07, 6.45) is 4.53. The van der Waals surface area contributed by atoms with Gasteiger partial charge in [-0.3, -0.25) is 4.79 Å². The van der Waals surface area contributed by atoms with Crippen LogP contribution in [0.1, 0.15) is 60.6 Å². The van der Waals surface area contributed by atoms with Crippen LogP contribution < -0.4 is 5.56 Å². The zero-order chi connectivity index (χ0) is 23.7. The van der Waals surface area contributed by atoms with Gasteiger partial charge in [-0.2, -0.15) is 0 Å². The number of fused-ring (bicyclic) bond motifs is 5. The lowest BCUT2D eigenvalue weighted by molar-refractivity contribution is -0.172. The van der Waals surface area contributed by atoms with Crippen LogP contribution in [0, 0.1) is 12.7 Å². The van der Waals surface area contributed by atoms with Gasteiger partial charge in [0, 0.05) is 22.6 Å². The third kappa shape index (κ3) is 2.78. The van der Waals surface area contributed by atoms with Crippen LogP contribution in [-0.2, 0) is 34.7 Å². The Morgan fingerprint density at radius 3 is 2.70 bits per heavy atom. The van der Waals surface area contributed by atoms with Crippen molar-refractivity contribution in [3.05, 3.63) is 67.8 Å².